The molecule has 0 aromatic carbocycles. The molecule has 0 spiro atoms. The predicted molar refractivity (Wildman–Crippen MR) is 58.8 cm³/mol. The number of hydrogen-bond donors (Lipinski definition) is 1. The molecule has 0 amide bonds. The summed E-state index contributed by atoms with van der Waals surface area (Å²) in [4.78, 5) is 0. The second kappa shape index (κ2) is 4.99. The molecule has 1 N–H and O–H groups in total. The fraction of sp³-hybridized carbons (Fsp3) is 1.00. The van der Waals surface area contributed by atoms with Crippen LogP contribution in [0.5, 0.6) is 0 Å². The lowest BCUT2D eigenvalue weighted by molar-refractivity contribution is 0.212. The van der Waals surface area contributed by atoms with Gasteiger partial charge in [-0.25, -0.2) is 0 Å². The Kier molecular flexibility index (Phi) is 4.24. The van der Waals surface area contributed by atoms with Crippen LogP contribution in [-0.2, 0) is 0 Å². The molecular weight excluding hydrogens is 158 g/mol. The van der Waals surface area contributed by atoms with Crippen molar-refractivity contribution in [2.75, 3.05) is 6.54 Å². The average Bonchev–Trinajstić information content (AvgIpc) is 1.99. The maximum Gasteiger partial charge on any atom is 0.00104 e. The molecule has 1 aliphatic carbocycles. The van der Waals surface area contributed by atoms with Crippen molar-refractivity contribution in [3.05, 3.63) is 0 Å². The van der Waals surface area contributed by atoms with Gasteiger partial charge in [-0.2, -0.15) is 0 Å². The van der Waals surface area contributed by atoms with Gasteiger partial charge in [-0.1, -0.05) is 27.7 Å². The van der Waals surface area contributed by atoms with Gasteiger partial charge in [0.05, 0.1) is 0 Å². The molecule has 1 rings (SSSR count). The van der Waals surface area contributed by atoms with Crippen LogP contribution in [0.15, 0.2) is 0 Å². The van der Waals surface area contributed by atoms with Crippen molar-refractivity contribution in [3.63, 3.8) is 0 Å². The zero-order chi connectivity index (χ0) is 9.84. The molecule has 0 aromatic rings. The average molecular weight is 183 g/mol. The minimum Gasteiger partial charge on any atom is -0.314 e. The zero-order valence-corrected chi connectivity index (χ0v) is 9.64. The van der Waals surface area contributed by atoms with E-state index in [0.29, 0.717) is 6.04 Å². The summed E-state index contributed by atoms with van der Waals surface area (Å²) in [5.41, 5.74) is 0. The van der Waals surface area contributed by atoms with Crippen LogP contribution in [0.4, 0.5) is 0 Å². The Morgan fingerprint density at radius 3 is 2.08 bits per heavy atom. The van der Waals surface area contributed by atoms with Gasteiger partial charge in [0.15, 0.2) is 0 Å². The third kappa shape index (κ3) is 4.12. The second-order valence-corrected chi connectivity index (χ2v) is 5.35. The Morgan fingerprint density at radius 2 is 1.62 bits per heavy atom. The molecular formula is C12H25N. The van der Waals surface area contributed by atoms with Gasteiger partial charge in [0.25, 0.3) is 0 Å². The SMILES string of the molecule is CC1CC(C)CC(CNC(C)C)C1. The van der Waals surface area contributed by atoms with E-state index in [1.165, 1.54) is 25.8 Å². The van der Waals surface area contributed by atoms with Gasteiger partial charge < -0.3 is 5.32 Å². The molecule has 2 unspecified atom stereocenters. The Hall–Kier alpha value is -0.0400. The van der Waals surface area contributed by atoms with Crippen LogP contribution in [0.25, 0.3) is 0 Å². The summed E-state index contributed by atoms with van der Waals surface area (Å²) < 4.78 is 0. The van der Waals surface area contributed by atoms with Crippen LogP contribution in [0, 0.1) is 17.8 Å². The van der Waals surface area contributed by atoms with Gasteiger partial charge in [0.2, 0.25) is 0 Å². The predicted octanol–water partition coefficient (Wildman–Crippen LogP) is 3.06. The molecule has 1 fully saturated rings. The summed E-state index contributed by atoms with van der Waals surface area (Å²) in [5.74, 6) is 2.83. The minimum absolute atomic E-state index is 0.646. The molecule has 0 radical (unpaired) electrons. The first kappa shape index (κ1) is 11.0. The maximum absolute atomic E-state index is 3.56. The largest absolute Gasteiger partial charge is 0.314 e. The highest BCUT2D eigenvalue weighted by Crippen LogP contribution is 2.32. The second-order valence-electron chi connectivity index (χ2n) is 5.35. The quantitative estimate of drug-likeness (QED) is 0.709. The molecule has 0 aromatic heterocycles. The Morgan fingerprint density at radius 1 is 1.08 bits per heavy atom. The van der Waals surface area contributed by atoms with E-state index in [1.54, 1.807) is 0 Å². The molecule has 0 heterocycles. The van der Waals surface area contributed by atoms with Gasteiger partial charge >= 0.3 is 0 Å². The normalized spacial score (nSPS) is 35.3. The van der Waals surface area contributed by atoms with Crippen molar-refractivity contribution in [1.82, 2.24) is 5.32 Å². The van der Waals surface area contributed by atoms with Gasteiger partial charge in [-0.05, 0) is 43.6 Å². The molecule has 2 atom stereocenters. The van der Waals surface area contributed by atoms with Crippen LogP contribution >= 0.6 is 0 Å². The summed E-state index contributed by atoms with van der Waals surface area (Å²) in [6.45, 7) is 10.5. The molecule has 1 aliphatic rings. The third-order valence-electron chi connectivity index (χ3n) is 3.09. The molecule has 78 valence electrons. The lowest BCUT2D eigenvalue weighted by Gasteiger charge is -2.32. The molecule has 1 heteroatoms. The van der Waals surface area contributed by atoms with Crippen LogP contribution in [0.1, 0.15) is 47.0 Å². The summed E-state index contributed by atoms with van der Waals surface area (Å²) >= 11 is 0. The van der Waals surface area contributed by atoms with E-state index in [9.17, 15) is 0 Å². The van der Waals surface area contributed by atoms with E-state index in [0.717, 1.165) is 17.8 Å². The molecule has 0 saturated heterocycles. The van der Waals surface area contributed by atoms with E-state index in [1.807, 2.05) is 0 Å². The monoisotopic (exact) mass is 183 g/mol. The number of rotatable bonds is 3. The van der Waals surface area contributed by atoms with E-state index in [2.05, 4.69) is 33.0 Å². The summed E-state index contributed by atoms with van der Waals surface area (Å²) in [7, 11) is 0. The van der Waals surface area contributed by atoms with Crippen molar-refractivity contribution < 1.29 is 0 Å². The van der Waals surface area contributed by atoms with Gasteiger partial charge in [0, 0.05) is 6.04 Å². The van der Waals surface area contributed by atoms with E-state index in [4.69, 9.17) is 0 Å². The Balaban J connectivity index is 2.25. The lowest BCUT2D eigenvalue weighted by atomic mass is 9.77. The molecule has 0 bridgehead atoms. The highest BCUT2D eigenvalue weighted by molar-refractivity contribution is 4.76. The summed E-state index contributed by atoms with van der Waals surface area (Å²) in [5, 5.41) is 3.56. The number of hydrogen-bond acceptors (Lipinski definition) is 1. The molecule has 1 saturated carbocycles. The smallest absolute Gasteiger partial charge is 0.00104 e. The first-order valence-corrected chi connectivity index (χ1v) is 5.81. The minimum atomic E-state index is 0.646. The lowest BCUT2D eigenvalue weighted by Crippen LogP contribution is -2.32. The molecule has 13 heavy (non-hydrogen) atoms. The summed E-state index contributed by atoms with van der Waals surface area (Å²) in [6, 6.07) is 0.646. The van der Waals surface area contributed by atoms with Crippen LogP contribution in [0.3, 0.4) is 0 Å². The summed E-state index contributed by atoms with van der Waals surface area (Å²) in [6.07, 6.45) is 4.31. The zero-order valence-electron chi connectivity index (χ0n) is 9.64. The van der Waals surface area contributed by atoms with Crippen LogP contribution < -0.4 is 5.32 Å². The van der Waals surface area contributed by atoms with Gasteiger partial charge in [-0.3, -0.25) is 0 Å². The first-order chi connectivity index (χ1) is 6.08. The van der Waals surface area contributed by atoms with Crippen molar-refractivity contribution in [3.8, 4) is 0 Å². The number of nitrogens with one attached hydrogen (secondary N) is 1. The van der Waals surface area contributed by atoms with Crippen molar-refractivity contribution in [1.29, 1.82) is 0 Å². The van der Waals surface area contributed by atoms with Crippen molar-refractivity contribution >= 4 is 0 Å². The van der Waals surface area contributed by atoms with Crippen molar-refractivity contribution in [2.45, 2.75) is 53.0 Å². The van der Waals surface area contributed by atoms with E-state index >= 15 is 0 Å². The highest BCUT2D eigenvalue weighted by atomic mass is 14.9. The van der Waals surface area contributed by atoms with E-state index in [-0.39, 0.29) is 0 Å². The van der Waals surface area contributed by atoms with E-state index < -0.39 is 0 Å². The Bertz CT molecular complexity index is 132. The van der Waals surface area contributed by atoms with Crippen molar-refractivity contribution in [2.24, 2.45) is 17.8 Å². The standard InChI is InChI=1S/C12H25N/c1-9(2)13-8-12-6-10(3)5-11(4)7-12/h9-13H,5-8H2,1-4H3. The van der Waals surface area contributed by atoms with Crippen LogP contribution in [-0.4, -0.2) is 12.6 Å². The Labute approximate surface area is 83.3 Å². The maximum atomic E-state index is 3.56. The fourth-order valence-electron chi connectivity index (χ4n) is 2.68. The van der Waals surface area contributed by atoms with Crippen LogP contribution in [0.2, 0.25) is 0 Å². The highest BCUT2D eigenvalue weighted by Gasteiger charge is 2.23. The molecule has 0 aliphatic heterocycles. The van der Waals surface area contributed by atoms with Gasteiger partial charge in [-0.15, -0.1) is 0 Å². The fourth-order valence-corrected chi connectivity index (χ4v) is 2.68. The topological polar surface area (TPSA) is 12.0 Å². The van der Waals surface area contributed by atoms with Gasteiger partial charge in [0.1, 0.15) is 0 Å². The third-order valence-corrected chi connectivity index (χ3v) is 3.09. The first-order valence-electron chi connectivity index (χ1n) is 5.81. The molecule has 1 nitrogen and oxygen atoms in total.